The number of hydrogen-bond acceptors (Lipinski definition) is 7. The molecule has 9 heteroatoms. The first-order valence-corrected chi connectivity index (χ1v) is 8.60. The topological polar surface area (TPSA) is 118 Å². The number of amides is 2. The fourth-order valence-electron chi connectivity index (χ4n) is 2.46. The SMILES string of the molecule is COc1cc(C(=O)NCC(=O)NN=C(C)c2cccc(O)c2)cc(OC)c1OC. The van der Waals surface area contributed by atoms with Crippen LogP contribution in [0.2, 0.25) is 0 Å². The van der Waals surface area contributed by atoms with E-state index in [2.05, 4.69) is 15.8 Å². The molecular weight excluding hydrogens is 378 g/mol. The summed E-state index contributed by atoms with van der Waals surface area (Å²) >= 11 is 0. The normalized spacial score (nSPS) is 10.8. The number of rotatable bonds is 8. The van der Waals surface area contributed by atoms with Crippen molar-refractivity contribution in [1.29, 1.82) is 0 Å². The quantitative estimate of drug-likeness (QED) is 0.458. The van der Waals surface area contributed by atoms with Gasteiger partial charge in [-0.2, -0.15) is 5.10 Å². The first-order chi connectivity index (χ1) is 13.9. The number of carbonyl (C=O) groups is 2. The molecule has 0 saturated heterocycles. The second-order valence-electron chi connectivity index (χ2n) is 5.88. The van der Waals surface area contributed by atoms with Gasteiger partial charge in [-0.1, -0.05) is 12.1 Å². The molecule has 3 N–H and O–H groups in total. The second kappa shape index (κ2) is 9.98. The summed E-state index contributed by atoms with van der Waals surface area (Å²) in [6.07, 6.45) is 0. The highest BCUT2D eigenvalue weighted by Gasteiger charge is 2.17. The van der Waals surface area contributed by atoms with Crippen LogP contribution >= 0.6 is 0 Å². The highest BCUT2D eigenvalue weighted by molar-refractivity contribution is 6.00. The minimum atomic E-state index is -0.509. The van der Waals surface area contributed by atoms with Crippen molar-refractivity contribution in [2.24, 2.45) is 5.10 Å². The number of hydrogen-bond donors (Lipinski definition) is 3. The van der Waals surface area contributed by atoms with E-state index in [1.54, 1.807) is 19.1 Å². The fourth-order valence-corrected chi connectivity index (χ4v) is 2.46. The van der Waals surface area contributed by atoms with Crippen LogP contribution in [0.1, 0.15) is 22.8 Å². The van der Waals surface area contributed by atoms with Crippen molar-refractivity contribution >= 4 is 17.5 Å². The summed E-state index contributed by atoms with van der Waals surface area (Å²) in [7, 11) is 4.35. The molecule has 9 nitrogen and oxygen atoms in total. The summed E-state index contributed by atoms with van der Waals surface area (Å²) in [5.41, 5.74) is 3.76. The zero-order valence-electron chi connectivity index (χ0n) is 16.6. The minimum absolute atomic E-state index is 0.0981. The van der Waals surface area contributed by atoms with Gasteiger partial charge in [0.1, 0.15) is 5.75 Å². The molecule has 0 radical (unpaired) electrons. The number of carbonyl (C=O) groups excluding carboxylic acids is 2. The second-order valence-corrected chi connectivity index (χ2v) is 5.88. The predicted octanol–water partition coefficient (Wildman–Crippen LogP) is 1.69. The lowest BCUT2D eigenvalue weighted by molar-refractivity contribution is -0.120. The van der Waals surface area contributed by atoms with Gasteiger partial charge in [0.2, 0.25) is 5.75 Å². The molecule has 0 aliphatic carbocycles. The molecule has 0 saturated carbocycles. The van der Waals surface area contributed by atoms with Crippen molar-refractivity contribution in [1.82, 2.24) is 10.7 Å². The number of phenols is 1. The van der Waals surface area contributed by atoms with Crippen LogP contribution in [-0.2, 0) is 4.79 Å². The third-order valence-corrected chi connectivity index (χ3v) is 3.95. The predicted molar refractivity (Wildman–Crippen MR) is 107 cm³/mol. The summed E-state index contributed by atoms with van der Waals surface area (Å²) in [6, 6.07) is 9.45. The molecule has 0 heterocycles. The van der Waals surface area contributed by atoms with Crippen molar-refractivity contribution in [3.05, 3.63) is 47.5 Å². The van der Waals surface area contributed by atoms with Crippen molar-refractivity contribution in [3.63, 3.8) is 0 Å². The first kappa shape index (κ1) is 21.5. The van der Waals surface area contributed by atoms with Crippen molar-refractivity contribution < 1.29 is 28.9 Å². The first-order valence-electron chi connectivity index (χ1n) is 8.60. The molecule has 2 aromatic rings. The Balaban J connectivity index is 2.00. The van der Waals surface area contributed by atoms with E-state index in [0.29, 0.717) is 28.5 Å². The molecule has 2 aromatic carbocycles. The Bertz CT molecular complexity index is 901. The van der Waals surface area contributed by atoms with E-state index in [1.165, 1.54) is 45.6 Å². The Kier molecular flexibility index (Phi) is 7.41. The van der Waals surface area contributed by atoms with Crippen LogP contribution in [-0.4, -0.2) is 50.5 Å². The lowest BCUT2D eigenvalue weighted by atomic mass is 10.1. The molecular formula is C20H23N3O6. The molecule has 0 aliphatic rings. The molecule has 154 valence electrons. The summed E-state index contributed by atoms with van der Waals surface area (Å²) < 4.78 is 15.6. The van der Waals surface area contributed by atoms with Crippen LogP contribution in [0, 0.1) is 0 Å². The molecule has 0 bridgehead atoms. The maximum Gasteiger partial charge on any atom is 0.259 e. The smallest absolute Gasteiger partial charge is 0.259 e. The van der Waals surface area contributed by atoms with Crippen LogP contribution in [0.4, 0.5) is 0 Å². The standard InChI is InChI=1S/C20H23N3O6/c1-12(13-6-5-7-15(24)8-13)22-23-18(25)11-21-20(26)14-9-16(27-2)19(29-4)17(10-14)28-3/h5-10,24H,11H2,1-4H3,(H,21,26)(H,23,25). The summed E-state index contributed by atoms with van der Waals surface area (Å²) in [6.45, 7) is 1.40. The zero-order chi connectivity index (χ0) is 21.4. The Morgan fingerprint density at radius 1 is 1.00 bits per heavy atom. The van der Waals surface area contributed by atoms with Gasteiger partial charge in [0.25, 0.3) is 11.8 Å². The highest BCUT2D eigenvalue weighted by atomic mass is 16.5. The monoisotopic (exact) mass is 401 g/mol. The van der Waals surface area contributed by atoms with E-state index in [4.69, 9.17) is 14.2 Å². The molecule has 0 fully saturated rings. The molecule has 29 heavy (non-hydrogen) atoms. The largest absolute Gasteiger partial charge is 0.508 e. The fraction of sp³-hybridized carbons (Fsp3) is 0.250. The maximum atomic E-state index is 12.4. The number of nitrogens with one attached hydrogen (secondary N) is 2. The number of benzene rings is 2. The third kappa shape index (κ3) is 5.61. The van der Waals surface area contributed by atoms with Gasteiger partial charge < -0.3 is 24.6 Å². The Hall–Kier alpha value is -3.75. The van der Waals surface area contributed by atoms with Crippen molar-refractivity contribution in [2.75, 3.05) is 27.9 Å². The van der Waals surface area contributed by atoms with Crippen LogP contribution < -0.4 is 25.0 Å². The Morgan fingerprint density at radius 3 is 2.21 bits per heavy atom. The van der Waals surface area contributed by atoms with E-state index in [-0.39, 0.29) is 17.9 Å². The Morgan fingerprint density at radius 2 is 1.66 bits per heavy atom. The molecule has 2 amide bonds. The average Bonchev–Trinajstić information content (AvgIpc) is 2.74. The van der Waals surface area contributed by atoms with E-state index in [9.17, 15) is 14.7 Å². The number of phenolic OH excluding ortho intramolecular Hbond substituents is 1. The number of nitrogens with zero attached hydrogens (tertiary/aromatic N) is 1. The molecule has 0 unspecified atom stereocenters. The Labute approximate surface area is 168 Å². The molecule has 0 atom stereocenters. The summed E-state index contributed by atoms with van der Waals surface area (Å²) in [5, 5.41) is 15.9. The van der Waals surface area contributed by atoms with Gasteiger partial charge in [-0.05, 0) is 31.2 Å². The third-order valence-electron chi connectivity index (χ3n) is 3.95. The van der Waals surface area contributed by atoms with Crippen LogP contribution in [0.5, 0.6) is 23.0 Å². The summed E-state index contributed by atoms with van der Waals surface area (Å²) in [5.74, 6) is 0.112. The lowest BCUT2D eigenvalue weighted by Crippen LogP contribution is -2.35. The van der Waals surface area contributed by atoms with Gasteiger partial charge >= 0.3 is 0 Å². The average molecular weight is 401 g/mol. The number of hydrazone groups is 1. The number of ether oxygens (including phenoxy) is 3. The van der Waals surface area contributed by atoms with Gasteiger partial charge in [0.15, 0.2) is 11.5 Å². The highest BCUT2D eigenvalue weighted by Crippen LogP contribution is 2.38. The van der Waals surface area contributed by atoms with Crippen molar-refractivity contribution in [3.8, 4) is 23.0 Å². The van der Waals surface area contributed by atoms with Crippen molar-refractivity contribution in [2.45, 2.75) is 6.92 Å². The molecule has 0 spiro atoms. The lowest BCUT2D eigenvalue weighted by Gasteiger charge is -2.14. The maximum absolute atomic E-state index is 12.4. The molecule has 0 aliphatic heterocycles. The van der Waals surface area contributed by atoms with Gasteiger partial charge in [-0.25, -0.2) is 5.43 Å². The van der Waals surface area contributed by atoms with E-state index in [0.717, 1.165) is 0 Å². The van der Waals surface area contributed by atoms with E-state index in [1.807, 2.05) is 0 Å². The van der Waals surface area contributed by atoms with Gasteiger partial charge in [0, 0.05) is 11.1 Å². The van der Waals surface area contributed by atoms with E-state index >= 15 is 0 Å². The minimum Gasteiger partial charge on any atom is -0.508 e. The molecule has 0 aromatic heterocycles. The molecule has 2 rings (SSSR count). The van der Waals surface area contributed by atoms with Crippen LogP contribution in [0.15, 0.2) is 41.5 Å². The zero-order valence-corrected chi connectivity index (χ0v) is 16.6. The van der Waals surface area contributed by atoms with Gasteiger partial charge in [0.05, 0.1) is 33.6 Å². The van der Waals surface area contributed by atoms with Gasteiger partial charge in [-0.3, -0.25) is 9.59 Å². The van der Waals surface area contributed by atoms with Crippen LogP contribution in [0.3, 0.4) is 0 Å². The number of aromatic hydroxyl groups is 1. The van der Waals surface area contributed by atoms with E-state index < -0.39 is 11.8 Å². The number of methoxy groups -OCH3 is 3. The summed E-state index contributed by atoms with van der Waals surface area (Å²) in [4.78, 5) is 24.4. The van der Waals surface area contributed by atoms with Crippen LogP contribution in [0.25, 0.3) is 0 Å². The van der Waals surface area contributed by atoms with Gasteiger partial charge in [-0.15, -0.1) is 0 Å².